The molecule has 0 amide bonds. The minimum Gasteiger partial charge on any atom is -0.493 e. The topological polar surface area (TPSA) is 70.4 Å². The molecule has 0 aliphatic heterocycles. The molecule has 0 unspecified atom stereocenters. The molecular weight excluding hydrogens is 340 g/mol. The monoisotopic (exact) mass is 358 g/mol. The van der Waals surface area contributed by atoms with Crippen LogP contribution in [-0.4, -0.2) is 29.6 Å². The smallest absolute Gasteiger partial charge is 0.262 e. The number of ether oxygens (including phenoxy) is 2. The van der Waals surface area contributed by atoms with Crippen LogP contribution in [0, 0.1) is 13.8 Å². The molecule has 130 valence electrons. The van der Waals surface area contributed by atoms with E-state index in [1.165, 1.54) is 36.5 Å². The molecule has 3 rings (SSSR count). The average molecular weight is 358 g/mol. The van der Waals surface area contributed by atoms with Gasteiger partial charge in [0.1, 0.15) is 4.83 Å². The van der Waals surface area contributed by atoms with Gasteiger partial charge in [0.05, 0.1) is 32.5 Å². The van der Waals surface area contributed by atoms with Crippen LogP contribution < -0.4 is 15.0 Å². The predicted molar refractivity (Wildman–Crippen MR) is 97.2 cm³/mol. The van der Waals surface area contributed by atoms with Crippen molar-refractivity contribution in [3.05, 3.63) is 50.9 Å². The highest BCUT2D eigenvalue weighted by atomic mass is 32.1. The number of benzene rings is 1. The zero-order valence-electron chi connectivity index (χ0n) is 14.5. The van der Waals surface area contributed by atoms with E-state index in [0.717, 1.165) is 10.4 Å². The van der Waals surface area contributed by atoms with E-state index in [1.807, 2.05) is 13.8 Å². The lowest BCUT2D eigenvalue weighted by atomic mass is 10.1. The summed E-state index contributed by atoms with van der Waals surface area (Å²) in [4.78, 5) is 31.3. The van der Waals surface area contributed by atoms with Gasteiger partial charge in [-0.1, -0.05) is 0 Å². The highest BCUT2D eigenvalue weighted by Gasteiger charge is 2.15. The number of ketones is 1. The Balaban J connectivity index is 1.96. The number of aryl methyl sites for hydroxylation is 2. The third-order valence-corrected chi connectivity index (χ3v) is 5.29. The Morgan fingerprint density at radius 2 is 1.92 bits per heavy atom. The maximum Gasteiger partial charge on any atom is 0.262 e. The predicted octanol–water partition coefficient (Wildman–Crippen LogP) is 2.97. The number of hydrogen-bond acceptors (Lipinski definition) is 6. The molecule has 0 radical (unpaired) electrons. The largest absolute Gasteiger partial charge is 0.493 e. The lowest BCUT2D eigenvalue weighted by Gasteiger charge is -2.10. The van der Waals surface area contributed by atoms with Gasteiger partial charge in [-0.15, -0.1) is 11.3 Å². The van der Waals surface area contributed by atoms with Gasteiger partial charge in [0.15, 0.2) is 17.3 Å². The summed E-state index contributed by atoms with van der Waals surface area (Å²) in [5.41, 5.74) is 1.17. The molecule has 0 spiro atoms. The first kappa shape index (κ1) is 17.2. The third-order valence-electron chi connectivity index (χ3n) is 4.18. The summed E-state index contributed by atoms with van der Waals surface area (Å²) in [7, 11) is 3.04. The van der Waals surface area contributed by atoms with Gasteiger partial charge in [-0.05, 0) is 37.6 Å². The van der Waals surface area contributed by atoms with Crippen molar-refractivity contribution in [3.63, 3.8) is 0 Å². The van der Waals surface area contributed by atoms with E-state index in [4.69, 9.17) is 9.47 Å². The van der Waals surface area contributed by atoms with E-state index < -0.39 is 0 Å². The van der Waals surface area contributed by atoms with Crippen LogP contribution in [0.4, 0.5) is 0 Å². The van der Waals surface area contributed by atoms with Gasteiger partial charge < -0.3 is 9.47 Å². The molecule has 0 atom stereocenters. The molecule has 2 aromatic heterocycles. The van der Waals surface area contributed by atoms with Gasteiger partial charge in [-0.2, -0.15) is 0 Å². The zero-order valence-corrected chi connectivity index (χ0v) is 15.3. The molecule has 0 aliphatic rings. The molecule has 0 aliphatic carbocycles. The van der Waals surface area contributed by atoms with Crippen LogP contribution in [0.3, 0.4) is 0 Å². The van der Waals surface area contributed by atoms with E-state index in [2.05, 4.69) is 4.98 Å². The normalized spacial score (nSPS) is 10.9. The van der Waals surface area contributed by atoms with Crippen LogP contribution in [0.2, 0.25) is 0 Å². The van der Waals surface area contributed by atoms with Crippen molar-refractivity contribution >= 4 is 27.3 Å². The van der Waals surface area contributed by atoms with Gasteiger partial charge in [-0.3, -0.25) is 14.2 Å². The fourth-order valence-corrected chi connectivity index (χ4v) is 3.63. The number of hydrogen-bond donors (Lipinski definition) is 0. The highest BCUT2D eigenvalue weighted by molar-refractivity contribution is 7.18. The maximum absolute atomic E-state index is 12.7. The molecule has 0 saturated carbocycles. The van der Waals surface area contributed by atoms with E-state index in [0.29, 0.717) is 27.3 Å². The SMILES string of the molecule is COc1ccc(C(=O)Cn2cnc3sc(C)c(C)c3c2=O)cc1OC. The summed E-state index contributed by atoms with van der Waals surface area (Å²) in [6.07, 6.45) is 1.43. The Hall–Kier alpha value is -2.67. The number of carbonyl (C=O) groups is 1. The Labute approximate surface area is 148 Å². The number of carbonyl (C=O) groups excluding carboxylic acids is 1. The Morgan fingerprint density at radius 3 is 2.60 bits per heavy atom. The molecular formula is C18H18N2O4S. The molecule has 1 aromatic carbocycles. The van der Waals surface area contributed by atoms with E-state index >= 15 is 0 Å². The quantitative estimate of drug-likeness (QED) is 0.656. The van der Waals surface area contributed by atoms with Gasteiger partial charge in [0.25, 0.3) is 5.56 Å². The number of thiophene rings is 1. The van der Waals surface area contributed by atoms with Crippen molar-refractivity contribution < 1.29 is 14.3 Å². The molecule has 6 nitrogen and oxygen atoms in total. The van der Waals surface area contributed by atoms with Crippen LogP contribution >= 0.6 is 11.3 Å². The molecule has 0 N–H and O–H groups in total. The molecule has 3 aromatic rings. The van der Waals surface area contributed by atoms with Crippen molar-refractivity contribution in [2.24, 2.45) is 0 Å². The Morgan fingerprint density at radius 1 is 1.20 bits per heavy atom. The number of aromatic nitrogens is 2. The first-order chi connectivity index (χ1) is 12.0. The van der Waals surface area contributed by atoms with Crippen molar-refractivity contribution in [2.45, 2.75) is 20.4 Å². The number of fused-ring (bicyclic) bond motifs is 1. The first-order valence-corrected chi connectivity index (χ1v) is 8.48. The van der Waals surface area contributed by atoms with E-state index in [1.54, 1.807) is 18.2 Å². The van der Waals surface area contributed by atoms with Crippen molar-refractivity contribution in [1.82, 2.24) is 9.55 Å². The van der Waals surface area contributed by atoms with E-state index in [9.17, 15) is 9.59 Å². The maximum atomic E-state index is 12.7. The second kappa shape index (κ2) is 6.68. The third kappa shape index (κ3) is 3.02. The van der Waals surface area contributed by atoms with Crippen molar-refractivity contribution in [2.75, 3.05) is 14.2 Å². The lowest BCUT2D eigenvalue weighted by molar-refractivity contribution is 0.0970. The molecule has 7 heteroatoms. The fraction of sp³-hybridized carbons (Fsp3) is 0.278. The molecule has 0 saturated heterocycles. The minimum absolute atomic E-state index is 0.0778. The average Bonchev–Trinajstić information content (AvgIpc) is 2.91. The Kier molecular flexibility index (Phi) is 4.59. The van der Waals surface area contributed by atoms with Gasteiger partial charge in [0, 0.05) is 10.4 Å². The summed E-state index contributed by atoms with van der Waals surface area (Å²) in [6.45, 7) is 3.78. The van der Waals surface area contributed by atoms with E-state index in [-0.39, 0.29) is 17.9 Å². The number of rotatable bonds is 5. The van der Waals surface area contributed by atoms with Gasteiger partial charge >= 0.3 is 0 Å². The number of Topliss-reactive ketones (excluding diaryl/α,β-unsaturated/α-hetero) is 1. The molecule has 25 heavy (non-hydrogen) atoms. The number of nitrogens with zero attached hydrogens (tertiary/aromatic N) is 2. The molecule has 0 bridgehead atoms. The first-order valence-electron chi connectivity index (χ1n) is 7.66. The van der Waals surface area contributed by atoms with Crippen LogP contribution in [0.1, 0.15) is 20.8 Å². The summed E-state index contributed by atoms with van der Waals surface area (Å²) in [5.74, 6) is 0.816. The van der Waals surface area contributed by atoms with Crippen molar-refractivity contribution in [1.29, 1.82) is 0 Å². The second-order valence-electron chi connectivity index (χ2n) is 5.63. The summed E-state index contributed by atoms with van der Waals surface area (Å²) < 4.78 is 11.7. The van der Waals surface area contributed by atoms with Crippen molar-refractivity contribution in [3.8, 4) is 11.5 Å². The number of methoxy groups -OCH3 is 2. The minimum atomic E-state index is -0.200. The fourth-order valence-electron chi connectivity index (χ4n) is 2.64. The van der Waals surface area contributed by atoms with Crippen LogP contribution in [0.5, 0.6) is 11.5 Å². The molecule has 2 heterocycles. The highest BCUT2D eigenvalue weighted by Crippen LogP contribution is 2.28. The standard InChI is InChI=1S/C18H18N2O4S/c1-10-11(2)25-17-16(10)18(22)20(9-19-17)8-13(21)12-5-6-14(23-3)15(7-12)24-4/h5-7,9H,8H2,1-4H3. The van der Waals surface area contributed by atoms with Crippen LogP contribution in [0.25, 0.3) is 10.2 Å². The van der Waals surface area contributed by atoms with Gasteiger partial charge in [0.2, 0.25) is 0 Å². The van der Waals surface area contributed by atoms with Crippen LogP contribution in [0.15, 0.2) is 29.3 Å². The zero-order chi connectivity index (χ0) is 18.1. The summed E-state index contributed by atoms with van der Waals surface area (Å²) in [5, 5.41) is 0.588. The lowest BCUT2D eigenvalue weighted by Crippen LogP contribution is -2.24. The van der Waals surface area contributed by atoms with Gasteiger partial charge in [-0.25, -0.2) is 4.98 Å². The Bertz CT molecular complexity index is 1020. The summed E-state index contributed by atoms with van der Waals surface area (Å²) in [6, 6.07) is 4.93. The molecule has 0 fully saturated rings. The summed E-state index contributed by atoms with van der Waals surface area (Å²) >= 11 is 1.49. The van der Waals surface area contributed by atoms with Crippen LogP contribution in [-0.2, 0) is 6.54 Å². The second-order valence-corrected chi connectivity index (χ2v) is 6.84.